The van der Waals surface area contributed by atoms with Crippen LogP contribution in [0.25, 0.3) is 10.2 Å². The van der Waals surface area contributed by atoms with Gasteiger partial charge in [0, 0.05) is 18.6 Å². The molecule has 0 spiro atoms. The number of rotatable bonds is 5. The van der Waals surface area contributed by atoms with Gasteiger partial charge in [0.05, 0.1) is 26.6 Å². The van der Waals surface area contributed by atoms with E-state index in [0.29, 0.717) is 15.8 Å². The Kier molecular flexibility index (Phi) is 4.23. The van der Waals surface area contributed by atoms with Gasteiger partial charge in [-0.05, 0) is 38.5 Å². The van der Waals surface area contributed by atoms with Gasteiger partial charge in [-0.25, -0.2) is 4.98 Å². The summed E-state index contributed by atoms with van der Waals surface area (Å²) >= 11 is 1.45. The summed E-state index contributed by atoms with van der Waals surface area (Å²) in [5.41, 5.74) is 7.03. The van der Waals surface area contributed by atoms with Crippen LogP contribution in [0.15, 0.2) is 22.5 Å². The Labute approximate surface area is 119 Å². The Hall–Kier alpha value is -0.980. The molecule has 6 heteroatoms. The maximum atomic E-state index is 12.2. The number of aromatic nitrogens is 1. The SMILES string of the molecule is COC(C)(C)CCS(=O)c1nc2ccc(N)cc2s1. The van der Waals surface area contributed by atoms with E-state index in [1.165, 1.54) is 11.3 Å². The number of fused-ring (bicyclic) bond motifs is 1. The molecule has 0 aliphatic rings. The van der Waals surface area contributed by atoms with Crippen molar-refractivity contribution < 1.29 is 8.95 Å². The molecule has 0 amide bonds. The quantitative estimate of drug-likeness (QED) is 0.862. The highest BCUT2D eigenvalue weighted by Gasteiger charge is 2.19. The second-order valence-corrected chi connectivity index (χ2v) is 7.75. The summed E-state index contributed by atoms with van der Waals surface area (Å²) in [4.78, 5) is 4.40. The van der Waals surface area contributed by atoms with E-state index in [2.05, 4.69) is 4.98 Å². The topological polar surface area (TPSA) is 65.2 Å². The van der Waals surface area contributed by atoms with Gasteiger partial charge in [0.1, 0.15) is 0 Å². The van der Waals surface area contributed by atoms with Gasteiger partial charge in [-0.1, -0.05) is 0 Å². The molecule has 0 aliphatic heterocycles. The number of hydrogen-bond donors (Lipinski definition) is 1. The summed E-state index contributed by atoms with van der Waals surface area (Å²) in [6.45, 7) is 3.98. The van der Waals surface area contributed by atoms with E-state index in [1.807, 2.05) is 32.0 Å². The van der Waals surface area contributed by atoms with Crippen LogP contribution >= 0.6 is 11.3 Å². The lowest BCUT2D eigenvalue weighted by atomic mass is 10.1. The summed E-state index contributed by atoms with van der Waals surface area (Å²) in [6, 6.07) is 5.54. The van der Waals surface area contributed by atoms with Crippen LogP contribution in [-0.2, 0) is 15.5 Å². The lowest BCUT2D eigenvalue weighted by molar-refractivity contribution is 0.0205. The van der Waals surface area contributed by atoms with Crippen molar-refractivity contribution in [1.82, 2.24) is 4.98 Å². The van der Waals surface area contributed by atoms with E-state index >= 15 is 0 Å². The fourth-order valence-electron chi connectivity index (χ4n) is 1.55. The number of methoxy groups -OCH3 is 1. The van der Waals surface area contributed by atoms with Crippen molar-refractivity contribution >= 4 is 38.0 Å². The van der Waals surface area contributed by atoms with Crippen LogP contribution in [0.4, 0.5) is 5.69 Å². The van der Waals surface area contributed by atoms with Crippen molar-refractivity contribution in [3.63, 3.8) is 0 Å². The van der Waals surface area contributed by atoms with Crippen LogP contribution < -0.4 is 5.73 Å². The molecule has 1 unspecified atom stereocenters. The van der Waals surface area contributed by atoms with Gasteiger partial charge < -0.3 is 10.5 Å². The summed E-state index contributed by atoms with van der Waals surface area (Å²) in [7, 11) is 0.586. The van der Waals surface area contributed by atoms with E-state index in [4.69, 9.17) is 10.5 Å². The Balaban J connectivity index is 2.13. The van der Waals surface area contributed by atoms with Crippen LogP contribution in [0.5, 0.6) is 0 Å². The summed E-state index contributed by atoms with van der Waals surface area (Å²) in [6.07, 6.45) is 0.730. The lowest BCUT2D eigenvalue weighted by Crippen LogP contribution is -2.24. The molecule has 104 valence electrons. The highest BCUT2D eigenvalue weighted by Crippen LogP contribution is 2.27. The van der Waals surface area contributed by atoms with Crippen LogP contribution in [0.1, 0.15) is 20.3 Å². The molecule has 0 saturated heterocycles. The van der Waals surface area contributed by atoms with Crippen molar-refractivity contribution in [3.8, 4) is 0 Å². The Morgan fingerprint density at radius 3 is 2.89 bits per heavy atom. The van der Waals surface area contributed by atoms with Gasteiger partial charge in [0.15, 0.2) is 4.34 Å². The van der Waals surface area contributed by atoms with Crippen LogP contribution in [-0.4, -0.2) is 27.7 Å². The molecule has 1 aromatic heterocycles. The maximum Gasteiger partial charge on any atom is 0.181 e. The molecule has 19 heavy (non-hydrogen) atoms. The molecule has 4 nitrogen and oxygen atoms in total. The van der Waals surface area contributed by atoms with Crippen LogP contribution in [0.3, 0.4) is 0 Å². The molecule has 0 aliphatic carbocycles. The maximum absolute atomic E-state index is 12.2. The van der Waals surface area contributed by atoms with E-state index in [0.717, 1.165) is 16.6 Å². The molecule has 0 bridgehead atoms. The number of benzene rings is 1. The number of anilines is 1. The average Bonchev–Trinajstić information content (AvgIpc) is 2.79. The first-order valence-electron chi connectivity index (χ1n) is 6.01. The molecule has 1 atom stereocenters. The van der Waals surface area contributed by atoms with Gasteiger partial charge in [-0.2, -0.15) is 0 Å². The minimum absolute atomic E-state index is 0.253. The number of nitrogens with zero attached hydrogens (tertiary/aromatic N) is 1. The zero-order chi connectivity index (χ0) is 14.0. The van der Waals surface area contributed by atoms with Crippen molar-refractivity contribution in [3.05, 3.63) is 18.2 Å². The standard InChI is InChI=1S/C13H18N2O2S2/c1-13(2,17-3)6-7-19(16)12-15-10-5-4-9(14)8-11(10)18-12/h4-5,8H,6-7,14H2,1-3H3. The van der Waals surface area contributed by atoms with Crippen LogP contribution in [0.2, 0.25) is 0 Å². The molecule has 2 aromatic rings. The number of ether oxygens (including phenoxy) is 1. The van der Waals surface area contributed by atoms with Crippen molar-refractivity contribution in [2.75, 3.05) is 18.6 Å². The minimum atomic E-state index is -1.08. The summed E-state index contributed by atoms with van der Waals surface area (Å²) in [5, 5.41) is 0. The number of nitrogens with two attached hydrogens (primary N) is 1. The fourth-order valence-corrected chi connectivity index (χ4v) is 4.23. The van der Waals surface area contributed by atoms with E-state index < -0.39 is 10.8 Å². The zero-order valence-corrected chi connectivity index (χ0v) is 12.9. The molecule has 0 radical (unpaired) electrons. The first-order valence-corrected chi connectivity index (χ1v) is 8.14. The highest BCUT2D eigenvalue weighted by atomic mass is 32.2. The van der Waals surface area contributed by atoms with E-state index in [1.54, 1.807) is 7.11 Å². The Morgan fingerprint density at radius 1 is 1.47 bits per heavy atom. The van der Waals surface area contributed by atoms with Gasteiger partial charge in [0.2, 0.25) is 0 Å². The highest BCUT2D eigenvalue weighted by molar-refractivity contribution is 7.87. The second kappa shape index (κ2) is 5.56. The summed E-state index contributed by atoms with van der Waals surface area (Å²) < 4.78 is 19.2. The Morgan fingerprint density at radius 2 is 2.21 bits per heavy atom. The lowest BCUT2D eigenvalue weighted by Gasteiger charge is -2.21. The average molecular weight is 298 g/mol. The molecular formula is C13H18N2O2S2. The fraction of sp³-hybridized carbons (Fsp3) is 0.462. The molecule has 2 rings (SSSR count). The third-order valence-electron chi connectivity index (χ3n) is 3.03. The first kappa shape index (κ1) is 14.4. The summed E-state index contributed by atoms with van der Waals surface area (Å²) in [5.74, 6) is 0.552. The first-order chi connectivity index (χ1) is 8.91. The third-order valence-corrected chi connectivity index (χ3v) is 5.71. The third kappa shape index (κ3) is 3.52. The molecule has 0 saturated carbocycles. The second-order valence-electron chi connectivity index (χ2n) is 4.97. The predicted octanol–water partition coefficient (Wildman–Crippen LogP) is 2.80. The predicted molar refractivity (Wildman–Crippen MR) is 81.0 cm³/mol. The monoisotopic (exact) mass is 298 g/mol. The van der Waals surface area contributed by atoms with Crippen molar-refractivity contribution in [1.29, 1.82) is 0 Å². The zero-order valence-electron chi connectivity index (χ0n) is 11.3. The van der Waals surface area contributed by atoms with Crippen LogP contribution in [0, 0.1) is 0 Å². The van der Waals surface area contributed by atoms with Crippen molar-refractivity contribution in [2.45, 2.75) is 30.2 Å². The molecule has 0 fully saturated rings. The molecular weight excluding hydrogens is 280 g/mol. The smallest absolute Gasteiger partial charge is 0.181 e. The molecule has 1 heterocycles. The van der Waals surface area contributed by atoms with Crippen molar-refractivity contribution in [2.24, 2.45) is 0 Å². The number of thiazole rings is 1. The normalized spacial score (nSPS) is 13.8. The van der Waals surface area contributed by atoms with Gasteiger partial charge >= 0.3 is 0 Å². The number of nitrogen functional groups attached to an aromatic ring is 1. The van der Waals surface area contributed by atoms with Gasteiger partial charge in [0.25, 0.3) is 0 Å². The Bertz CT molecular complexity index is 608. The largest absolute Gasteiger partial charge is 0.399 e. The minimum Gasteiger partial charge on any atom is -0.399 e. The molecule has 2 N–H and O–H groups in total. The number of hydrogen-bond acceptors (Lipinski definition) is 5. The van der Waals surface area contributed by atoms with E-state index in [-0.39, 0.29) is 5.60 Å². The van der Waals surface area contributed by atoms with Gasteiger partial charge in [-0.3, -0.25) is 4.21 Å². The van der Waals surface area contributed by atoms with Gasteiger partial charge in [-0.15, -0.1) is 11.3 Å². The van der Waals surface area contributed by atoms with E-state index in [9.17, 15) is 4.21 Å². The molecule has 1 aromatic carbocycles.